The van der Waals surface area contributed by atoms with Crippen molar-refractivity contribution in [2.45, 2.75) is 44.1 Å². The van der Waals surface area contributed by atoms with Gasteiger partial charge in [0.2, 0.25) is 5.91 Å². The summed E-state index contributed by atoms with van der Waals surface area (Å²) in [7, 11) is 0. The fourth-order valence-electron chi connectivity index (χ4n) is 5.06. The molecule has 0 N–H and O–H groups in total. The first kappa shape index (κ1) is 17.0. The van der Waals surface area contributed by atoms with Gasteiger partial charge in [0.1, 0.15) is 0 Å². The summed E-state index contributed by atoms with van der Waals surface area (Å²) < 4.78 is 5.59. The number of amides is 1. The van der Waals surface area contributed by atoms with Gasteiger partial charge in [-0.25, -0.2) is 0 Å². The Morgan fingerprint density at radius 1 is 0.960 bits per heavy atom. The second-order valence-corrected chi connectivity index (χ2v) is 7.80. The first-order valence-corrected chi connectivity index (χ1v) is 9.97. The minimum atomic E-state index is 0.0670. The summed E-state index contributed by atoms with van der Waals surface area (Å²) in [6.45, 7) is 5.40. The topological polar surface area (TPSA) is 32.8 Å². The molecule has 1 saturated carbocycles. The number of ether oxygens (including phenoxy) is 1. The Balaban J connectivity index is 1.52. The maximum Gasteiger partial charge on any atom is 0.225 e. The van der Waals surface area contributed by atoms with E-state index < -0.39 is 0 Å². The molecule has 25 heavy (non-hydrogen) atoms. The largest absolute Gasteiger partial charge is 0.379 e. The van der Waals surface area contributed by atoms with Crippen LogP contribution < -0.4 is 0 Å². The Kier molecular flexibility index (Phi) is 5.09. The van der Waals surface area contributed by atoms with Crippen LogP contribution in [-0.2, 0) is 15.1 Å². The highest BCUT2D eigenvalue weighted by Gasteiger charge is 2.43. The fraction of sp³-hybridized carbons (Fsp3) is 0.667. The van der Waals surface area contributed by atoms with Crippen LogP contribution in [0.3, 0.4) is 0 Å². The van der Waals surface area contributed by atoms with E-state index in [9.17, 15) is 4.79 Å². The zero-order valence-electron chi connectivity index (χ0n) is 15.2. The van der Waals surface area contributed by atoms with Gasteiger partial charge in [0.25, 0.3) is 0 Å². The lowest BCUT2D eigenvalue weighted by Gasteiger charge is -2.50. The number of carbonyl (C=O) groups excluding carboxylic acids is 1. The highest BCUT2D eigenvalue weighted by atomic mass is 16.5. The van der Waals surface area contributed by atoms with Crippen LogP contribution in [0.25, 0.3) is 0 Å². The Morgan fingerprint density at radius 3 is 2.24 bits per heavy atom. The second-order valence-electron chi connectivity index (χ2n) is 7.80. The smallest absolute Gasteiger partial charge is 0.225 e. The molecule has 0 radical (unpaired) electrons. The van der Waals surface area contributed by atoms with Gasteiger partial charge in [-0.2, -0.15) is 0 Å². The van der Waals surface area contributed by atoms with Crippen molar-refractivity contribution in [2.75, 3.05) is 39.4 Å². The van der Waals surface area contributed by atoms with Gasteiger partial charge >= 0.3 is 0 Å². The van der Waals surface area contributed by atoms with Gasteiger partial charge in [-0.1, -0.05) is 43.2 Å². The Bertz CT molecular complexity index is 569. The summed E-state index contributed by atoms with van der Waals surface area (Å²) in [6, 6.07) is 10.9. The molecule has 1 aliphatic carbocycles. The van der Waals surface area contributed by atoms with Gasteiger partial charge in [-0.05, 0) is 31.2 Å². The predicted octanol–water partition coefficient (Wildman–Crippen LogP) is 3.03. The van der Waals surface area contributed by atoms with Crippen molar-refractivity contribution in [3.05, 3.63) is 35.9 Å². The van der Waals surface area contributed by atoms with Crippen molar-refractivity contribution < 1.29 is 9.53 Å². The van der Waals surface area contributed by atoms with E-state index in [0.29, 0.717) is 11.8 Å². The average molecular weight is 342 g/mol. The van der Waals surface area contributed by atoms with Crippen LogP contribution in [0.2, 0.25) is 0 Å². The minimum Gasteiger partial charge on any atom is -0.379 e. The maximum absolute atomic E-state index is 12.8. The van der Waals surface area contributed by atoms with Crippen LogP contribution in [0.5, 0.6) is 0 Å². The molecule has 1 amide bonds. The molecule has 2 aliphatic heterocycles. The Morgan fingerprint density at radius 2 is 1.60 bits per heavy atom. The van der Waals surface area contributed by atoms with Crippen molar-refractivity contribution in [3.63, 3.8) is 0 Å². The summed E-state index contributed by atoms with van der Waals surface area (Å²) in [6.07, 6.45) is 6.73. The third-order valence-corrected chi connectivity index (χ3v) is 6.53. The molecule has 0 unspecified atom stereocenters. The number of nitrogens with zero attached hydrogens (tertiary/aromatic N) is 2. The highest BCUT2D eigenvalue weighted by Crippen LogP contribution is 2.40. The third kappa shape index (κ3) is 3.34. The number of benzene rings is 1. The first-order valence-electron chi connectivity index (χ1n) is 9.97. The van der Waals surface area contributed by atoms with Gasteiger partial charge in [0.15, 0.2) is 0 Å². The summed E-state index contributed by atoms with van der Waals surface area (Å²) in [4.78, 5) is 17.6. The van der Waals surface area contributed by atoms with E-state index in [2.05, 4.69) is 40.1 Å². The van der Waals surface area contributed by atoms with Crippen LogP contribution in [0.15, 0.2) is 30.3 Å². The van der Waals surface area contributed by atoms with Gasteiger partial charge in [0, 0.05) is 37.6 Å². The minimum absolute atomic E-state index is 0.0670. The molecule has 1 aromatic rings. The normalized spacial score (nSPS) is 25.2. The van der Waals surface area contributed by atoms with E-state index in [4.69, 9.17) is 4.74 Å². The zero-order chi connectivity index (χ0) is 17.1. The fourth-order valence-corrected chi connectivity index (χ4v) is 5.06. The quantitative estimate of drug-likeness (QED) is 0.846. The SMILES string of the molecule is O=C(C1CCCC1)N1CCC(c2ccccc2)(N2CCOCC2)CC1. The van der Waals surface area contributed by atoms with Crippen LogP contribution >= 0.6 is 0 Å². The lowest BCUT2D eigenvalue weighted by atomic mass is 9.78. The Labute approximate surface area is 151 Å². The zero-order valence-corrected chi connectivity index (χ0v) is 15.2. The molecule has 0 atom stereocenters. The Hall–Kier alpha value is -1.39. The highest BCUT2D eigenvalue weighted by molar-refractivity contribution is 5.79. The van der Waals surface area contributed by atoms with Gasteiger partial charge < -0.3 is 9.64 Å². The number of morpholine rings is 1. The second kappa shape index (κ2) is 7.46. The molecule has 4 rings (SSSR count). The van der Waals surface area contributed by atoms with Crippen LogP contribution in [0.1, 0.15) is 44.1 Å². The van der Waals surface area contributed by atoms with Gasteiger partial charge in [-0.15, -0.1) is 0 Å². The maximum atomic E-state index is 12.8. The van der Waals surface area contributed by atoms with Crippen molar-refractivity contribution in [1.82, 2.24) is 9.80 Å². The average Bonchev–Trinajstić information content (AvgIpc) is 3.24. The van der Waals surface area contributed by atoms with Crippen molar-refractivity contribution in [2.24, 2.45) is 5.92 Å². The summed E-state index contributed by atoms with van der Waals surface area (Å²) in [5.41, 5.74) is 1.47. The number of hydrogen-bond donors (Lipinski definition) is 0. The van der Waals surface area contributed by atoms with Crippen molar-refractivity contribution >= 4 is 5.91 Å². The molecule has 0 aromatic heterocycles. The number of hydrogen-bond acceptors (Lipinski definition) is 3. The molecule has 136 valence electrons. The van der Waals surface area contributed by atoms with E-state index in [0.717, 1.165) is 65.1 Å². The molecule has 4 nitrogen and oxygen atoms in total. The van der Waals surface area contributed by atoms with E-state index in [1.807, 2.05) is 0 Å². The summed E-state index contributed by atoms with van der Waals surface area (Å²) in [5.74, 6) is 0.716. The molecular weight excluding hydrogens is 312 g/mol. The lowest BCUT2D eigenvalue weighted by molar-refractivity contribution is -0.139. The van der Waals surface area contributed by atoms with E-state index in [-0.39, 0.29) is 5.54 Å². The van der Waals surface area contributed by atoms with E-state index in [1.54, 1.807) is 0 Å². The van der Waals surface area contributed by atoms with Crippen LogP contribution in [-0.4, -0.2) is 55.1 Å². The predicted molar refractivity (Wildman–Crippen MR) is 98.3 cm³/mol. The molecule has 3 fully saturated rings. The van der Waals surface area contributed by atoms with Crippen LogP contribution in [0, 0.1) is 5.92 Å². The molecular formula is C21H30N2O2. The third-order valence-electron chi connectivity index (χ3n) is 6.53. The monoisotopic (exact) mass is 342 g/mol. The number of rotatable bonds is 3. The molecule has 3 aliphatic rings. The van der Waals surface area contributed by atoms with Gasteiger partial charge in [0.05, 0.1) is 13.2 Å². The number of likely N-dealkylation sites (tertiary alicyclic amines) is 1. The standard InChI is InChI=1S/C21H30N2O2/c24-20(18-6-4-5-7-18)22-12-10-21(11-13-22,19-8-2-1-3-9-19)23-14-16-25-17-15-23/h1-3,8-9,18H,4-7,10-17H2. The van der Waals surface area contributed by atoms with Crippen LogP contribution in [0.4, 0.5) is 0 Å². The molecule has 4 heteroatoms. The van der Waals surface area contributed by atoms with Gasteiger partial charge in [-0.3, -0.25) is 9.69 Å². The number of piperidine rings is 1. The van der Waals surface area contributed by atoms with E-state index in [1.165, 1.54) is 18.4 Å². The molecule has 0 spiro atoms. The lowest BCUT2D eigenvalue weighted by Crippen LogP contribution is -2.57. The molecule has 0 bridgehead atoms. The molecule has 2 saturated heterocycles. The van der Waals surface area contributed by atoms with Crippen molar-refractivity contribution in [1.29, 1.82) is 0 Å². The molecule has 2 heterocycles. The summed E-state index contributed by atoms with van der Waals surface area (Å²) in [5, 5.41) is 0. The van der Waals surface area contributed by atoms with E-state index >= 15 is 0 Å². The van der Waals surface area contributed by atoms with Crippen molar-refractivity contribution in [3.8, 4) is 0 Å². The summed E-state index contributed by atoms with van der Waals surface area (Å²) >= 11 is 0. The number of carbonyl (C=O) groups is 1. The molecule has 1 aromatic carbocycles. The first-order chi connectivity index (χ1) is 12.3.